The van der Waals surface area contributed by atoms with Crippen molar-refractivity contribution in [3.05, 3.63) is 30.3 Å². The van der Waals surface area contributed by atoms with E-state index in [0.29, 0.717) is 0 Å². The van der Waals surface area contributed by atoms with Gasteiger partial charge in [-0.2, -0.15) is 0 Å². The van der Waals surface area contributed by atoms with Crippen molar-refractivity contribution in [1.82, 2.24) is 0 Å². The monoisotopic (exact) mass is 256 g/mol. The summed E-state index contributed by atoms with van der Waals surface area (Å²) < 4.78 is 0. The Balaban J connectivity index is 2.06. The third-order valence-electron chi connectivity index (χ3n) is 2.18. The maximum absolute atomic E-state index is 9.70. The van der Waals surface area contributed by atoms with Crippen LogP contribution in [0.15, 0.2) is 35.2 Å². The Bertz CT molecular complexity index is 264. The Labute approximate surface area is 107 Å². The molecule has 1 nitrogen and oxygen atoms in total. The van der Waals surface area contributed by atoms with Gasteiger partial charge in [-0.1, -0.05) is 31.5 Å². The predicted molar refractivity (Wildman–Crippen MR) is 75.2 cm³/mol. The molecule has 0 saturated heterocycles. The Morgan fingerprint density at radius 3 is 2.62 bits per heavy atom. The number of hydrogen-bond acceptors (Lipinski definition) is 3. The number of unbranched alkanes of at least 4 members (excludes halogenated alkanes) is 1. The Morgan fingerprint density at radius 1 is 1.19 bits per heavy atom. The highest BCUT2D eigenvalue weighted by molar-refractivity contribution is 8.00. The molecular weight excluding hydrogens is 236 g/mol. The lowest BCUT2D eigenvalue weighted by Crippen LogP contribution is -2.03. The summed E-state index contributed by atoms with van der Waals surface area (Å²) in [6.07, 6.45) is 3.28. The van der Waals surface area contributed by atoms with Crippen molar-refractivity contribution in [3.8, 4) is 0 Å². The van der Waals surface area contributed by atoms with Gasteiger partial charge >= 0.3 is 0 Å². The minimum atomic E-state index is -0.192. The van der Waals surface area contributed by atoms with Crippen molar-refractivity contribution >= 4 is 23.5 Å². The molecule has 1 rings (SSSR count). The summed E-state index contributed by atoms with van der Waals surface area (Å²) >= 11 is 3.49. The molecule has 0 fully saturated rings. The van der Waals surface area contributed by atoms with Crippen LogP contribution < -0.4 is 0 Å². The van der Waals surface area contributed by atoms with Crippen molar-refractivity contribution in [3.63, 3.8) is 0 Å². The van der Waals surface area contributed by atoms with Crippen molar-refractivity contribution in [2.24, 2.45) is 0 Å². The molecule has 0 aliphatic rings. The molecule has 1 aromatic rings. The lowest BCUT2D eigenvalue weighted by atomic mass is 10.4. The van der Waals surface area contributed by atoms with Gasteiger partial charge in [-0.3, -0.25) is 0 Å². The predicted octanol–water partition coefficient (Wildman–Crippen LogP) is 4.02. The first-order valence-electron chi connectivity index (χ1n) is 5.80. The van der Waals surface area contributed by atoms with E-state index in [2.05, 4.69) is 31.2 Å². The molecule has 3 heteroatoms. The number of rotatable bonds is 8. The lowest BCUT2D eigenvalue weighted by Gasteiger charge is -2.09. The molecule has 0 aliphatic carbocycles. The molecule has 0 spiro atoms. The lowest BCUT2D eigenvalue weighted by molar-refractivity contribution is 0.260. The molecule has 0 radical (unpaired) electrons. The normalized spacial score (nSPS) is 12.6. The number of aliphatic hydroxyl groups excluding tert-OH is 1. The number of thioether (sulfide) groups is 2. The SMILES string of the molecule is CCCCSC(O)CCSc1ccccc1. The van der Waals surface area contributed by atoms with Crippen molar-refractivity contribution < 1.29 is 5.11 Å². The standard InChI is InChI=1S/C13H20OS2/c1-2-3-10-16-13(14)9-11-15-12-7-5-4-6-8-12/h4-8,13-14H,2-3,9-11H2,1H3. The molecule has 0 amide bonds. The Hall–Kier alpha value is -0.120. The fraction of sp³-hybridized carbons (Fsp3) is 0.538. The number of aliphatic hydroxyl groups is 1. The second-order valence-electron chi connectivity index (χ2n) is 3.63. The highest BCUT2D eigenvalue weighted by atomic mass is 32.2. The van der Waals surface area contributed by atoms with Gasteiger partial charge in [-0.25, -0.2) is 0 Å². The van der Waals surface area contributed by atoms with Gasteiger partial charge in [0.2, 0.25) is 0 Å². The van der Waals surface area contributed by atoms with Gasteiger partial charge in [0.15, 0.2) is 0 Å². The second kappa shape index (κ2) is 8.97. The van der Waals surface area contributed by atoms with Gasteiger partial charge in [0, 0.05) is 10.6 Å². The minimum absolute atomic E-state index is 0.192. The fourth-order valence-electron chi connectivity index (χ4n) is 1.24. The molecule has 1 N–H and O–H groups in total. The van der Waals surface area contributed by atoms with Gasteiger partial charge in [0.25, 0.3) is 0 Å². The van der Waals surface area contributed by atoms with Crippen molar-refractivity contribution in [1.29, 1.82) is 0 Å². The van der Waals surface area contributed by atoms with Crippen LogP contribution in [0.2, 0.25) is 0 Å². The molecule has 1 aromatic carbocycles. The van der Waals surface area contributed by atoms with Gasteiger partial charge in [0.05, 0.1) is 0 Å². The van der Waals surface area contributed by atoms with Crippen LogP contribution in [0, 0.1) is 0 Å². The second-order valence-corrected chi connectivity index (χ2v) is 6.08. The number of benzene rings is 1. The van der Waals surface area contributed by atoms with Crippen LogP contribution in [0.3, 0.4) is 0 Å². The Morgan fingerprint density at radius 2 is 1.94 bits per heavy atom. The van der Waals surface area contributed by atoms with Crippen LogP contribution in [-0.2, 0) is 0 Å². The van der Waals surface area contributed by atoms with Crippen LogP contribution in [0.5, 0.6) is 0 Å². The van der Waals surface area contributed by atoms with E-state index in [1.165, 1.54) is 17.7 Å². The molecule has 0 saturated carbocycles. The fourth-order valence-corrected chi connectivity index (χ4v) is 3.33. The summed E-state index contributed by atoms with van der Waals surface area (Å²) in [6, 6.07) is 10.4. The van der Waals surface area contributed by atoms with E-state index in [1.54, 1.807) is 11.8 Å². The number of hydrogen-bond donors (Lipinski definition) is 1. The van der Waals surface area contributed by atoms with Crippen molar-refractivity contribution in [2.75, 3.05) is 11.5 Å². The van der Waals surface area contributed by atoms with Gasteiger partial charge < -0.3 is 5.11 Å². The average molecular weight is 256 g/mol. The van der Waals surface area contributed by atoms with Gasteiger partial charge in [-0.15, -0.1) is 23.5 Å². The van der Waals surface area contributed by atoms with E-state index in [1.807, 2.05) is 17.8 Å². The molecule has 16 heavy (non-hydrogen) atoms. The minimum Gasteiger partial charge on any atom is -0.382 e. The molecule has 0 aliphatic heterocycles. The summed E-state index contributed by atoms with van der Waals surface area (Å²) in [5, 5.41) is 9.70. The molecule has 0 aromatic heterocycles. The first-order valence-corrected chi connectivity index (χ1v) is 7.84. The van der Waals surface area contributed by atoms with E-state index in [9.17, 15) is 5.11 Å². The molecule has 1 unspecified atom stereocenters. The highest BCUT2D eigenvalue weighted by Crippen LogP contribution is 2.21. The highest BCUT2D eigenvalue weighted by Gasteiger charge is 2.03. The van der Waals surface area contributed by atoms with E-state index in [0.717, 1.165) is 17.9 Å². The quantitative estimate of drug-likeness (QED) is 0.431. The summed E-state index contributed by atoms with van der Waals surface area (Å²) in [5.74, 6) is 2.07. The maximum Gasteiger partial charge on any atom is 0.100 e. The molecular formula is C13H20OS2. The van der Waals surface area contributed by atoms with Crippen LogP contribution in [0.25, 0.3) is 0 Å². The molecule has 90 valence electrons. The van der Waals surface area contributed by atoms with E-state index >= 15 is 0 Å². The molecule has 0 bridgehead atoms. The third kappa shape index (κ3) is 6.46. The van der Waals surface area contributed by atoms with Gasteiger partial charge in [-0.05, 0) is 30.7 Å². The van der Waals surface area contributed by atoms with Crippen LogP contribution in [0.1, 0.15) is 26.2 Å². The zero-order valence-corrected chi connectivity index (χ0v) is 11.4. The topological polar surface area (TPSA) is 20.2 Å². The Kier molecular flexibility index (Phi) is 7.81. The first kappa shape index (κ1) is 13.9. The smallest absolute Gasteiger partial charge is 0.100 e. The summed E-state index contributed by atoms with van der Waals surface area (Å²) in [4.78, 5) is 1.29. The average Bonchev–Trinajstić information content (AvgIpc) is 2.31. The summed E-state index contributed by atoms with van der Waals surface area (Å²) in [6.45, 7) is 2.18. The zero-order chi connectivity index (χ0) is 11.6. The van der Waals surface area contributed by atoms with Crippen molar-refractivity contribution in [2.45, 2.75) is 36.5 Å². The largest absolute Gasteiger partial charge is 0.382 e. The van der Waals surface area contributed by atoms with E-state index in [-0.39, 0.29) is 5.44 Å². The zero-order valence-electron chi connectivity index (χ0n) is 9.76. The van der Waals surface area contributed by atoms with Crippen LogP contribution in [-0.4, -0.2) is 22.0 Å². The summed E-state index contributed by atoms with van der Waals surface area (Å²) in [5.41, 5.74) is -0.192. The van der Waals surface area contributed by atoms with E-state index < -0.39 is 0 Å². The van der Waals surface area contributed by atoms with Crippen LogP contribution >= 0.6 is 23.5 Å². The molecule has 1 atom stereocenters. The van der Waals surface area contributed by atoms with Crippen LogP contribution in [0.4, 0.5) is 0 Å². The van der Waals surface area contributed by atoms with E-state index in [4.69, 9.17) is 0 Å². The third-order valence-corrected chi connectivity index (χ3v) is 4.38. The summed E-state index contributed by atoms with van der Waals surface area (Å²) in [7, 11) is 0. The molecule has 0 heterocycles. The maximum atomic E-state index is 9.70. The first-order chi connectivity index (χ1) is 7.83. The van der Waals surface area contributed by atoms with Gasteiger partial charge in [0.1, 0.15) is 5.44 Å².